The van der Waals surface area contributed by atoms with Gasteiger partial charge in [-0.1, -0.05) is 32.1 Å². The SMILES string of the molecule is C=C(CCC)c1cccc(C(=O)NCCC(C(=O)CCCOCCOCCCCOCCN(C)C(C)=O)S(=O)(=O)O)c1. The Morgan fingerprint density at radius 1 is 0.952 bits per heavy atom. The van der Waals surface area contributed by atoms with Crippen molar-refractivity contribution < 1.29 is 41.6 Å². The molecule has 238 valence electrons. The quantitative estimate of drug-likeness (QED) is 0.132. The Balaban J connectivity index is 2.22. The van der Waals surface area contributed by atoms with Crippen LogP contribution in [0.25, 0.3) is 5.57 Å². The van der Waals surface area contributed by atoms with Gasteiger partial charge in [-0.2, -0.15) is 8.42 Å². The highest BCUT2D eigenvalue weighted by Crippen LogP contribution is 2.19. The summed E-state index contributed by atoms with van der Waals surface area (Å²) < 4.78 is 49.7. The number of unbranched alkanes of at least 4 members (excludes halogenated alkanes) is 1. The van der Waals surface area contributed by atoms with Gasteiger partial charge in [-0.25, -0.2) is 0 Å². The number of nitrogens with zero attached hydrogens (tertiary/aromatic N) is 1. The van der Waals surface area contributed by atoms with Crippen molar-refractivity contribution >= 4 is 33.3 Å². The minimum absolute atomic E-state index is 0.00760. The largest absolute Gasteiger partial charge is 0.380 e. The van der Waals surface area contributed by atoms with Gasteiger partial charge in [0.2, 0.25) is 5.91 Å². The van der Waals surface area contributed by atoms with Crippen molar-refractivity contribution in [1.82, 2.24) is 10.2 Å². The third kappa shape index (κ3) is 16.1. The zero-order valence-electron chi connectivity index (χ0n) is 25.3. The van der Waals surface area contributed by atoms with Crippen molar-refractivity contribution in [2.45, 2.75) is 64.0 Å². The van der Waals surface area contributed by atoms with Gasteiger partial charge in [0.1, 0.15) is 5.25 Å². The summed E-state index contributed by atoms with van der Waals surface area (Å²) in [5, 5.41) is 1.01. The number of amides is 2. The van der Waals surface area contributed by atoms with Crippen LogP contribution < -0.4 is 5.32 Å². The predicted octanol–water partition coefficient (Wildman–Crippen LogP) is 3.53. The van der Waals surface area contributed by atoms with Gasteiger partial charge in [-0.3, -0.25) is 18.9 Å². The molecule has 0 saturated carbocycles. The van der Waals surface area contributed by atoms with Crippen molar-refractivity contribution in [2.24, 2.45) is 0 Å². The minimum atomic E-state index is -4.62. The summed E-state index contributed by atoms with van der Waals surface area (Å²) in [6.07, 6.45) is 3.39. The molecule has 2 amide bonds. The van der Waals surface area contributed by atoms with Gasteiger partial charge < -0.3 is 24.4 Å². The van der Waals surface area contributed by atoms with E-state index in [1.807, 2.05) is 13.0 Å². The second-order valence-corrected chi connectivity index (χ2v) is 11.6. The summed E-state index contributed by atoms with van der Waals surface area (Å²) in [6.45, 7) is 10.7. The third-order valence-corrected chi connectivity index (χ3v) is 7.73. The van der Waals surface area contributed by atoms with E-state index in [1.165, 1.54) is 6.92 Å². The zero-order valence-corrected chi connectivity index (χ0v) is 26.1. The lowest BCUT2D eigenvalue weighted by Crippen LogP contribution is -2.35. The van der Waals surface area contributed by atoms with Crippen LogP contribution in [0.4, 0.5) is 0 Å². The summed E-state index contributed by atoms with van der Waals surface area (Å²) in [7, 11) is -2.89. The number of benzene rings is 1. The average Bonchev–Trinajstić information content (AvgIpc) is 2.94. The Labute approximate surface area is 250 Å². The molecular formula is C30H48N2O9S. The third-order valence-electron chi connectivity index (χ3n) is 6.52. The maximum atomic E-state index is 12.5. The van der Waals surface area contributed by atoms with E-state index >= 15 is 0 Å². The summed E-state index contributed by atoms with van der Waals surface area (Å²) in [6, 6.07) is 6.99. The van der Waals surface area contributed by atoms with Crippen LogP contribution >= 0.6 is 0 Å². The molecule has 0 aliphatic rings. The van der Waals surface area contributed by atoms with Gasteiger partial charge in [0.25, 0.3) is 16.0 Å². The van der Waals surface area contributed by atoms with E-state index in [-0.39, 0.29) is 31.9 Å². The second kappa shape index (κ2) is 21.1. The Hall–Kier alpha value is -2.64. The summed E-state index contributed by atoms with van der Waals surface area (Å²) in [5.74, 6) is -1.02. The molecule has 0 spiro atoms. The minimum Gasteiger partial charge on any atom is -0.380 e. The molecule has 0 radical (unpaired) electrons. The van der Waals surface area contributed by atoms with Crippen LogP contribution in [0.1, 0.15) is 74.7 Å². The number of ketones is 1. The average molecular weight is 613 g/mol. The number of rotatable bonds is 24. The maximum Gasteiger partial charge on any atom is 0.275 e. The number of nitrogens with one attached hydrogen (secondary N) is 1. The zero-order chi connectivity index (χ0) is 31.4. The van der Waals surface area contributed by atoms with Gasteiger partial charge >= 0.3 is 0 Å². The van der Waals surface area contributed by atoms with E-state index in [1.54, 1.807) is 30.1 Å². The van der Waals surface area contributed by atoms with Crippen LogP contribution in [0.15, 0.2) is 30.8 Å². The van der Waals surface area contributed by atoms with Gasteiger partial charge in [0, 0.05) is 58.9 Å². The molecule has 0 bridgehead atoms. The standard InChI is InChI=1S/C30H48N2O9S/c1-5-10-24(2)26-11-8-12-27(23-26)30(35)31-15-14-29(42(36,37)38)28(34)13-9-19-41-22-21-40-18-7-6-17-39-20-16-32(4)25(3)33/h8,11-12,23,29H,2,5-7,9-10,13-22H2,1,3-4H3,(H,31,35)(H,36,37,38). The molecule has 1 aromatic carbocycles. The molecule has 0 saturated heterocycles. The molecule has 12 heteroatoms. The first-order valence-electron chi connectivity index (χ1n) is 14.5. The monoisotopic (exact) mass is 612 g/mol. The fraction of sp³-hybridized carbons (Fsp3) is 0.633. The Kier molecular flexibility index (Phi) is 18.8. The molecule has 0 fully saturated rings. The number of carbonyl (C=O) groups excluding carboxylic acids is 3. The van der Waals surface area contributed by atoms with E-state index in [4.69, 9.17) is 14.2 Å². The smallest absolute Gasteiger partial charge is 0.275 e. The number of ether oxygens (including phenoxy) is 3. The van der Waals surface area contributed by atoms with Gasteiger partial charge in [-0.05, 0) is 55.4 Å². The molecule has 0 aliphatic carbocycles. The molecule has 11 nitrogen and oxygen atoms in total. The molecule has 0 heterocycles. The lowest BCUT2D eigenvalue weighted by atomic mass is 10.0. The van der Waals surface area contributed by atoms with E-state index in [9.17, 15) is 27.4 Å². The molecule has 42 heavy (non-hydrogen) atoms. The highest BCUT2D eigenvalue weighted by molar-refractivity contribution is 7.87. The molecule has 0 aromatic heterocycles. The Morgan fingerprint density at radius 2 is 1.55 bits per heavy atom. The molecule has 1 aromatic rings. The van der Waals surface area contributed by atoms with Crippen LogP contribution in [-0.4, -0.2) is 100 Å². The van der Waals surface area contributed by atoms with Crippen LogP contribution in [0.5, 0.6) is 0 Å². The summed E-state index contributed by atoms with van der Waals surface area (Å²) in [4.78, 5) is 37.8. The number of hydrogen-bond donors (Lipinski definition) is 2. The molecule has 1 unspecified atom stereocenters. The van der Waals surface area contributed by atoms with Gasteiger partial charge in [-0.15, -0.1) is 0 Å². The number of carbonyl (C=O) groups is 3. The van der Waals surface area contributed by atoms with Gasteiger partial charge in [0.05, 0.1) is 19.8 Å². The molecule has 1 atom stereocenters. The number of allylic oxidation sites excluding steroid dienone is 1. The number of hydrogen-bond acceptors (Lipinski definition) is 8. The van der Waals surface area contributed by atoms with E-state index in [0.29, 0.717) is 51.6 Å². The normalized spacial score (nSPS) is 12.1. The fourth-order valence-corrected chi connectivity index (χ4v) is 4.79. The van der Waals surface area contributed by atoms with Crippen molar-refractivity contribution in [1.29, 1.82) is 0 Å². The van der Waals surface area contributed by atoms with Crippen LogP contribution in [0.3, 0.4) is 0 Å². The van der Waals surface area contributed by atoms with Crippen molar-refractivity contribution in [3.8, 4) is 0 Å². The van der Waals surface area contributed by atoms with Gasteiger partial charge in [0.15, 0.2) is 5.78 Å². The van der Waals surface area contributed by atoms with Crippen molar-refractivity contribution in [3.05, 3.63) is 42.0 Å². The lowest BCUT2D eigenvalue weighted by Gasteiger charge is -2.14. The van der Waals surface area contributed by atoms with E-state index in [2.05, 4.69) is 11.9 Å². The van der Waals surface area contributed by atoms with E-state index < -0.39 is 27.1 Å². The molecular weight excluding hydrogens is 564 g/mol. The van der Waals surface area contributed by atoms with Crippen molar-refractivity contribution in [2.75, 3.05) is 59.8 Å². The van der Waals surface area contributed by atoms with Crippen LogP contribution in [0, 0.1) is 0 Å². The van der Waals surface area contributed by atoms with E-state index in [0.717, 1.165) is 36.8 Å². The molecule has 0 aliphatic heterocycles. The maximum absolute atomic E-state index is 12.5. The lowest BCUT2D eigenvalue weighted by molar-refractivity contribution is -0.128. The first-order valence-corrected chi connectivity index (χ1v) is 16.0. The first-order chi connectivity index (χ1) is 20.0. The molecule has 2 N–H and O–H groups in total. The summed E-state index contributed by atoms with van der Waals surface area (Å²) in [5.41, 5.74) is 2.18. The first kappa shape index (κ1) is 37.4. The highest BCUT2D eigenvalue weighted by atomic mass is 32.2. The number of Topliss-reactive ketones (excluding diaryl/α,β-unsaturated/α-hetero) is 1. The van der Waals surface area contributed by atoms with Crippen LogP contribution in [0.2, 0.25) is 0 Å². The molecule has 1 rings (SSSR count). The van der Waals surface area contributed by atoms with Crippen molar-refractivity contribution in [3.63, 3.8) is 0 Å². The Morgan fingerprint density at radius 3 is 2.14 bits per heavy atom. The Bertz CT molecular complexity index is 1090. The number of likely N-dealkylation sites (N-methyl/N-ethyl adjacent to an activating group) is 1. The fourth-order valence-electron chi connectivity index (χ4n) is 3.92. The topological polar surface area (TPSA) is 149 Å². The highest BCUT2D eigenvalue weighted by Gasteiger charge is 2.30. The summed E-state index contributed by atoms with van der Waals surface area (Å²) >= 11 is 0. The van der Waals surface area contributed by atoms with Crippen LogP contribution in [-0.2, 0) is 33.9 Å². The second-order valence-electron chi connectivity index (χ2n) is 10.0. The predicted molar refractivity (Wildman–Crippen MR) is 162 cm³/mol.